The second-order valence-electron chi connectivity index (χ2n) is 3.75. The standard InChI is InChI=1S/C10H20O4S/c1-8(3-12-2)14-4-9(11)7-15-10-5-13-6-10/h8-11H,3-7H2,1-2H3. The zero-order chi connectivity index (χ0) is 11.1. The van der Waals surface area contributed by atoms with Gasteiger partial charge in [-0.3, -0.25) is 0 Å². The third-order valence-electron chi connectivity index (χ3n) is 2.11. The van der Waals surface area contributed by atoms with E-state index in [1.54, 1.807) is 18.9 Å². The van der Waals surface area contributed by atoms with Crippen molar-refractivity contribution in [1.82, 2.24) is 0 Å². The van der Waals surface area contributed by atoms with E-state index in [0.29, 0.717) is 24.2 Å². The SMILES string of the molecule is COCC(C)OCC(O)CSC1COC1. The number of methoxy groups -OCH3 is 1. The molecule has 1 aliphatic heterocycles. The van der Waals surface area contributed by atoms with Crippen LogP contribution in [0.4, 0.5) is 0 Å². The quantitative estimate of drug-likeness (QED) is 0.666. The first kappa shape index (κ1) is 13.3. The lowest BCUT2D eigenvalue weighted by Gasteiger charge is -2.26. The highest BCUT2D eigenvalue weighted by molar-refractivity contribution is 8.00. The Morgan fingerprint density at radius 2 is 2.20 bits per heavy atom. The summed E-state index contributed by atoms with van der Waals surface area (Å²) < 4.78 is 15.4. The minimum Gasteiger partial charge on any atom is -0.390 e. The Hall–Kier alpha value is 0.190. The summed E-state index contributed by atoms with van der Waals surface area (Å²) in [5.41, 5.74) is 0. The van der Waals surface area contributed by atoms with Gasteiger partial charge in [-0.15, -0.1) is 0 Å². The first-order valence-electron chi connectivity index (χ1n) is 5.20. The molecular weight excluding hydrogens is 216 g/mol. The molecule has 1 heterocycles. The van der Waals surface area contributed by atoms with Gasteiger partial charge in [0, 0.05) is 12.9 Å². The Labute approximate surface area is 95.3 Å². The molecular formula is C10H20O4S. The minimum atomic E-state index is -0.394. The maximum absolute atomic E-state index is 9.61. The molecule has 4 nitrogen and oxygen atoms in total. The Bertz CT molecular complexity index is 164. The predicted molar refractivity (Wildman–Crippen MR) is 60.4 cm³/mol. The van der Waals surface area contributed by atoms with Gasteiger partial charge in [0.15, 0.2) is 0 Å². The molecule has 0 bridgehead atoms. The fraction of sp³-hybridized carbons (Fsp3) is 1.00. The summed E-state index contributed by atoms with van der Waals surface area (Å²) in [5.74, 6) is 0.716. The van der Waals surface area contributed by atoms with E-state index in [2.05, 4.69) is 0 Å². The minimum absolute atomic E-state index is 0.0432. The molecule has 0 aromatic heterocycles. The summed E-state index contributed by atoms with van der Waals surface area (Å²) in [6, 6.07) is 0. The van der Waals surface area contributed by atoms with Gasteiger partial charge in [-0.05, 0) is 6.92 Å². The summed E-state index contributed by atoms with van der Waals surface area (Å²) in [6.45, 7) is 4.52. The summed E-state index contributed by atoms with van der Waals surface area (Å²) in [5, 5.41) is 10.2. The van der Waals surface area contributed by atoms with Gasteiger partial charge in [0.2, 0.25) is 0 Å². The van der Waals surface area contributed by atoms with Gasteiger partial charge >= 0.3 is 0 Å². The van der Waals surface area contributed by atoms with Crippen molar-refractivity contribution >= 4 is 11.8 Å². The van der Waals surface area contributed by atoms with E-state index in [1.807, 2.05) is 6.92 Å². The maximum Gasteiger partial charge on any atom is 0.0864 e. The summed E-state index contributed by atoms with van der Waals surface area (Å²) in [4.78, 5) is 0. The second kappa shape index (κ2) is 7.46. The molecule has 0 radical (unpaired) electrons. The molecule has 0 amide bonds. The van der Waals surface area contributed by atoms with E-state index >= 15 is 0 Å². The highest BCUT2D eigenvalue weighted by Crippen LogP contribution is 2.19. The van der Waals surface area contributed by atoms with E-state index in [-0.39, 0.29) is 6.10 Å². The number of thioether (sulfide) groups is 1. The van der Waals surface area contributed by atoms with Crippen LogP contribution in [-0.4, -0.2) is 61.9 Å². The normalized spacial score (nSPS) is 21.0. The van der Waals surface area contributed by atoms with Gasteiger partial charge in [-0.1, -0.05) is 0 Å². The molecule has 1 N–H and O–H groups in total. The van der Waals surface area contributed by atoms with Crippen LogP contribution in [0.5, 0.6) is 0 Å². The van der Waals surface area contributed by atoms with Crippen molar-refractivity contribution < 1.29 is 19.3 Å². The molecule has 15 heavy (non-hydrogen) atoms. The molecule has 0 spiro atoms. The average Bonchev–Trinajstić information content (AvgIpc) is 2.13. The van der Waals surface area contributed by atoms with Crippen molar-refractivity contribution in [3.8, 4) is 0 Å². The monoisotopic (exact) mass is 236 g/mol. The van der Waals surface area contributed by atoms with Crippen molar-refractivity contribution in [2.75, 3.05) is 39.3 Å². The number of hydrogen-bond acceptors (Lipinski definition) is 5. The van der Waals surface area contributed by atoms with Crippen molar-refractivity contribution in [3.05, 3.63) is 0 Å². The molecule has 1 fully saturated rings. The molecule has 1 rings (SSSR count). The van der Waals surface area contributed by atoms with Crippen molar-refractivity contribution in [2.24, 2.45) is 0 Å². The van der Waals surface area contributed by atoms with Crippen LogP contribution in [-0.2, 0) is 14.2 Å². The van der Waals surface area contributed by atoms with E-state index in [0.717, 1.165) is 13.2 Å². The largest absolute Gasteiger partial charge is 0.390 e. The summed E-state index contributed by atoms with van der Waals surface area (Å²) >= 11 is 1.75. The third-order valence-corrected chi connectivity index (χ3v) is 3.43. The van der Waals surface area contributed by atoms with E-state index in [4.69, 9.17) is 14.2 Å². The number of rotatable bonds is 8. The maximum atomic E-state index is 9.61. The second-order valence-corrected chi connectivity index (χ2v) is 5.08. The van der Waals surface area contributed by atoms with Crippen LogP contribution in [0.1, 0.15) is 6.92 Å². The van der Waals surface area contributed by atoms with Crippen molar-refractivity contribution in [1.29, 1.82) is 0 Å². The Kier molecular flexibility index (Phi) is 6.59. The Morgan fingerprint density at radius 3 is 2.73 bits per heavy atom. The molecule has 0 saturated carbocycles. The summed E-state index contributed by atoms with van der Waals surface area (Å²) in [6.07, 6.45) is -0.350. The lowest BCUT2D eigenvalue weighted by molar-refractivity contribution is -0.0259. The van der Waals surface area contributed by atoms with Gasteiger partial charge in [0.05, 0.1) is 43.9 Å². The molecule has 1 aliphatic rings. The van der Waals surface area contributed by atoms with Crippen molar-refractivity contribution in [2.45, 2.75) is 24.4 Å². The van der Waals surface area contributed by atoms with E-state index < -0.39 is 6.10 Å². The lowest BCUT2D eigenvalue weighted by Crippen LogP contribution is -2.32. The number of ether oxygens (including phenoxy) is 3. The zero-order valence-corrected chi connectivity index (χ0v) is 10.2. The first-order valence-corrected chi connectivity index (χ1v) is 6.25. The zero-order valence-electron chi connectivity index (χ0n) is 9.35. The fourth-order valence-electron chi connectivity index (χ4n) is 1.16. The van der Waals surface area contributed by atoms with Crippen LogP contribution in [0.15, 0.2) is 0 Å². The van der Waals surface area contributed by atoms with Gasteiger partial charge in [-0.2, -0.15) is 11.8 Å². The molecule has 2 atom stereocenters. The number of aliphatic hydroxyl groups is 1. The molecule has 0 aromatic carbocycles. The van der Waals surface area contributed by atoms with Gasteiger partial charge in [0.1, 0.15) is 0 Å². The third kappa shape index (κ3) is 5.73. The number of hydrogen-bond donors (Lipinski definition) is 1. The van der Waals surface area contributed by atoms with E-state index in [9.17, 15) is 5.11 Å². The van der Waals surface area contributed by atoms with Crippen LogP contribution in [0.2, 0.25) is 0 Å². The van der Waals surface area contributed by atoms with Crippen LogP contribution in [0.3, 0.4) is 0 Å². The summed E-state index contributed by atoms with van der Waals surface area (Å²) in [7, 11) is 1.64. The molecule has 5 heteroatoms. The smallest absolute Gasteiger partial charge is 0.0864 e. The highest BCUT2D eigenvalue weighted by Gasteiger charge is 2.20. The lowest BCUT2D eigenvalue weighted by atomic mass is 10.4. The van der Waals surface area contributed by atoms with Gasteiger partial charge in [-0.25, -0.2) is 0 Å². The molecule has 2 unspecified atom stereocenters. The van der Waals surface area contributed by atoms with Gasteiger partial charge in [0.25, 0.3) is 0 Å². The van der Waals surface area contributed by atoms with Crippen LogP contribution >= 0.6 is 11.8 Å². The molecule has 0 aliphatic carbocycles. The predicted octanol–water partition coefficient (Wildman–Crippen LogP) is 0.531. The Morgan fingerprint density at radius 1 is 1.47 bits per heavy atom. The van der Waals surface area contributed by atoms with Gasteiger partial charge < -0.3 is 19.3 Å². The number of aliphatic hydroxyl groups excluding tert-OH is 1. The first-order chi connectivity index (χ1) is 7.22. The molecule has 0 aromatic rings. The molecule has 90 valence electrons. The fourth-order valence-corrected chi connectivity index (χ4v) is 2.14. The van der Waals surface area contributed by atoms with Crippen molar-refractivity contribution in [3.63, 3.8) is 0 Å². The van der Waals surface area contributed by atoms with E-state index in [1.165, 1.54) is 0 Å². The topological polar surface area (TPSA) is 47.9 Å². The van der Waals surface area contributed by atoms with Crippen LogP contribution < -0.4 is 0 Å². The van der Waals surface area contributed by atoms with Crippen LogP contribution in [0, 0.1) is 0 Å². The van der Waals surface area contributed by atoms with Crippen LogP contribution in [0.25, 0.3) is 0 Å². The molecule has 1 saturated heterocycles. The highest BCUT2D eigenvalue weighted by atomic mass is 32.2. The Balaban J connectivity index is 1.94. The average molecular weight is 236 g/mol.